The standard InChI is InChI=1S/C21H23F3N2O3S/c1-14-3-8-19(13-15(14)2)30(28,29)26-11-9-16(10-12-26)20(27)25-18-6-4-17(5-7-18)21(22,23)24/h3-8,13,16H,9-12H2,1-2H3,(H,25,27). The molecule has 2 aromatic rings. The average molecular weight is 440 g/mol. The highest BCUT2D eigenvalue weighted by Gasteiger charge is 2.33. The maximum atomic E-state index is 12.9. The van der Waals surface area contributed by atoms with Gasteiger partial charge in [0, 0.05) is 24.7 Å². The van der Waals surface area contributed by atoms with Gasteiger partial charge in [0.1, 0.15) is 0 Å². The Balaban J connectivity index is 1.60. The molecule has 1 aliphatic rings. The number of rotatable bonds is 4. The number of sulfonamides is 1. The van der Waals surface area contributed by atoms with Crippen LogP contribution in [0.3, 0.4) is 0 Å². The number of hydrogen-bond donors (Lipinski definition) is 1. The number of alkyl halides is 3. The number of piperidine rings is 1. The number of carbonyl (C=O) groups excluding carboxylic acids is 1. The third-order valence-corrected chi connectivity index (χ3v) is 7.32. The van der Waals surface area contributed by atoms with E-state index < -0.39 is 27.7 Å². The van der Waals surface area contributed by atoms with Crippen molar-refractivity contribution in [2.24, 2.45) is 5.92 Å². The number of nitrogens with one attached hydrogen (secondary N) is 1. The zero-order valence-electron chi connectivity index (χ0n) is 16.7. The summed E-state index contributed by atoms with van der Waals surface area (Å²) >= 11 is 0. The van der Waals surface area contributed by atoms with Crippen molar-refractivity contribution >= 4 is 21.6 Å². The Kier molecular flexibility index (Phi) is 6.24. The lowest BCUT2D eigenvalue weighted by molar-refractivity contribution is -0.137. The number of nitrogens with zero attached hydrogens (tertiary/aromatic N) is 1. The molecule has 0 aliphatic carbocycles. The van der Waals surface area contributed by atoms with Crippen LogP contribution in [0.4, 0.5) is 18.9 Å². The number of halogens is 3. The third kappa shape index (κ3) is 4.84. The number of amides is 1. The Morgan fingerprint density at radius 3 is 2.13 bits per heavy atom. The largest absolute Gasteiger partial charge is 0.416 e. The number of benzene rings is 2. The Morgan fingerprint density at radius 1 is 1.00 bits per heavy atom. The summed E-state index contributed by atoms with van der Waals surface area (Å²) in [6.07, 6.45) is -3.75. The van der Waals surface area contributed by atoms with Crippen molar-refractivity contribution < 1.29 is 26.4 Å². The van der Waals surface area contributed by atoms with E-state index in [-0.39, 0.29) is 29.6 Å². The van der Waals surface area contributed by atoms with Gasteiger partial charge in [-0.3, -0.25) is 4.79 Å². The molecule has 0 aromatic heterocycles. The van der Waals surface area contributed by atoms with Gasteiger partial charge in [-0.2, -0.15) is 17.5 Å². The van der Waals surface area contributed by atoms with E-state index in [9.17, 15) is 26.4 Å². The van der Waals surface area contributed by atoms with Gasteiger partial charge >= 0.3 is 6.18 Å². The molecule has 0 radical (unpaired) electrons. The second-order valence-corrected chi connectivity index (χ2v) is 9.43. The predicted octanol–water partition coefficient (Wildman–Crippen LogP) is 4.36. The van der Waals surface area contributed by atoms with Crippen LogP contribution in [0.1, 0.15) is 29.5 Å². The molecule has 0 saturated carbocycles. The number of carbonyl (C=O) groups is 1. The van der Waals surface area contributed by atoms with Crippen LogP contribution in [0.5, 0.6) is 0 Å². The molecule has 1 fully saturated rings. The molecule has 0 bridgehead atoms. The lowest BCUT2D eigenvalue weighted by Crippen LogP contribution is -2.41. The summed E-state index contributed by atoms with van der Waals surface area (Å²) < 4.78 is 65.0. The first-order valence-corrected chi connectivity index (χ1v) is 11.0. The first-order valence-electron chi connectivity index (χ1n) is 9.54. The van der Waals surface area contributed by atoms with Gasteiger partial charge in [0.05, 0.1) is 10.5 Å². The molecule has 2 aromatic carbocycles. The fourth-order valence-corrected chi connectivity index (χ4v) is 4.92. The highest BCUT2D eigenvalue weighted by atomic mass is 32.2. The monoisotopic (exact) mass is 440 g/mol. The second kappa shape index (κ2) is 8.39. The number of anilines is 1. The molecule has 1 saturated heterocycles. The quantitative estimate of drug-likeness (QED) is 0.768. The fraction of sp³-hybridized carbons (Fsp3) is 0.381. The van der Waals surface area contributed by atoms with Crippen molar-refractivity contribution in [2.75, 3.05) is 18.4 Å². The Hall–Kier alpha value is -2.39. The van der Waals surface area contributed by atoms with Crippen LogP contribution in [-0.2, 0) is 21.0 Å². The summed E-state index contributed by atoms with van der Waals surface area (Å²) in [4.78, 5) is 12.7. The van der Waals surface area contributed by atoms with Crippen LogP contribution in [0, 0.1) is 19.8 Å². The van der Waals surface area contributed by atoms with Gasteiger partial charge in [0.15, 0.2) is 0 Å². The number of aryl methyl sites for hydroxylation is 2. The van der Waals surface area contributed by atoms with Gasteiger partial charge in [-0.25, -0.2) is 8.42 Å². The minimum absolute atomic E-state index is 0.209. The Morgan fingerprint density at radius 2 is 1.60 bits per heavy atom. The SMILES string of the molecule is Cc1ccc(S(=O)(=O)N2CCC(C(=O)Nc3ccc(C(F)(F)F)cc3)CC2)cc1C. The van der Waals surface area contributed by atoms with E-state index in [2.05, 4.69) is 5.32 Å². The summed E-state index contributed by atoms with van der Waals surface area (Å²) in [7, 11) is -3.63. The lowest BCUT2D eigenvalue weighted by atomic mass is 9.97. The zero-order valence-corrected chi connectivity index (χ0v) is 17.5. The fourth-order valence-electron chi connectivity index (χ4n) is 3.37. The number of hydrogen-bond acceptors (Lipinski definition) is 3. The molecule has 1 aliphatic heterocycles. The van der Waals surface area contributed by atoms with Crippen LogP contribution >= 0.6 is 0 Å². The lowest BCUT2D eigenvalue weighted by Gasteiger charge is -2.30. The van der Waals surface area contributed by atoms with Crippen molar-refractivity contribution in [3.05, 3.63) is 59.2 Å². The minimum atomic E-state index is -4.43. The molecule has 1 heterocycles. The first-order chi connectivity index (χ1) is 14.0. The van der Waals surface area contributed by atoms with E-state index in [4.69, 9.17) is 0 Å². The van der Waals surface area contributed by atoms with Gasteiger partial charge in [-0.05, 0) is 74.2 Å². The zero-order chi connectivity index (χ0) is 22.1. The van der Waals surface area contributed by atoms with Crippen molar-refractivity contribution in [3.8, 4) is 0 Å². The second-order valence-electron chi connectivity index (χ2n) is 7.49. The summed E-state index contributed by atoms with van der Waals surface area (Å²) in [5, 5.41) is 2.61. The van der Waals surface area contributed by atoms with Gasteiger partial charge in [-0.1, -0.05) is 6.07 Å². The van der Waals surface area contributed by atoms with E-state index in [1.807, 2.05) is 13.8 Å². The Labute approximate surface area is 173 Å². The summed E-state index contributed by atoms with van der Waals surface area (Å²) in [6, 6.07) is 9.24. The maximum Gasteiger partial charge on any atom is 0.416 e. The molecule has 1 amide bonds. The van der Waals surface area contributed by atoms with Gasteiger partial charge in [0.2, 0.25) is 15.9 Å². The first kappa shape index (κ1) is 22.3. The van der Waals surface area contributed by atoms with E-state index >= 15 is 0 Å². The van der Waals surface area contributed by atoms with Gasteiger partial charge in [0.25, 0.3) is 0 Å². The van der Waals surface area contributed by atoms with E-state index in [1.54, 1.807) is 18.2 Å². The average Bonchev–Trinajstić information content (AvgIpc) is 2.69. The molecule has 9 heteroatoms. The molecule has 162 valence electrons. The van der Waals surface area contributed by atoms with Gasteiger partial charge < -0.3 is 5.32 Å². The summed E-state index contributed by atoms with van der Waals surface area (Å²) in [5.74, 6) is -0.725. The van der Waals surface area contributed by atoms with E-state index in [0.717, 1.165) is 23.3 Å². The molecule has 5 nitrogen and oxygen atoms in total. The van der Waals surface area contributed by atoms with Crippen molar-refractivity contribution in [1.29, 1.82) is 0 Å². The third-order valence-electron chi connectivity index (χ3n) is 5.42. The predicted molar refractivity (Wildman–Crippen MR) is 107 cm³/mol. The highest BCUT2D eigenvalue weighted by molar-refractivity contribution is 7.89. The smallest absolute Gasteiger partial charge is 0.326 e. The normalized spacial score (nSPS) is 16.4. The van der Waals surface area contributed by atoms with Crippen LogP contribution in [0.15, 0.2) is 47.4 Å². The van der Waals surface area contributed by atoms with E-state index in [0.29, 0.717) is 12.8 Å². The van der Waals surface area contributed by atoms with Crippen molar-refractivity contribution in [1.82, 2.24) is 4.31 Å². The molecule has 0 atom stereocenters. The molecule has 1 N–H and O–H groups in total. The van der Waals surface area contributed by atoms with Gasteiger partial charge in [-0.15, -0.1) is 0 Å². The molecule has 0 unspecified atom stereocenters. The molecular weight excluding hydrogens is 417 g/mol. The highest BCUT2D eigenvalue weighted by Crippen LogP contribution is 2.30. The maximum absolute atomic E-state index is 12.9. The van der Waals surface area contributed by atoms with E-state index in [1.165, 1.54) is 16.4 Å². The molecule has 3 rings (SSSR count). The van der Waals surface area contributed by atoms with Crippen LogP contribution in [0.2, 0.25) is 0 Å². The van der Waals surface area contributed by atoms with Crippen LogP contribution in [-0.4, -0.2) is 31.7 Å². The molecule has 30 heavy (non-hydrogen) atoms. The van der Waals surface area contributed by atoms with Crippen LogP contribution in [0.25, 0.3) is 0 Å². The Bertz CT molecular complexity index is 1030. The van der Waals surface area contributed by atoms with Crippen molar-refractivity contribution in [3.63, 3.8) is 0 Å². The molecular formula is C21H23F3N2O3S. The summed E-state index contributed by atoms with van der Waals surface area (Å²) in [5.41, 5.74) is 1.39. The minimum Gasteiger partial charge on any atom is -0.326 e. The van der Waals surface area contributed by atoms with Crippen LogP contribution < -0.4 is 5.32 Å². The van der Waals surface area contributed by atoms with Crippen molar-refractivity contribution in [2.45, 2.75) is 37.8 Å². The molecule has 0 spiro atoms. The summed E-state index contributed by atoms with van der Waals surface area (Å²) in [6.45, 7) is 4.18. The topological polar surface area (TPSA) is 66.5 Å².